The number of anilines is 3. The van der Waals surface area contributed by atoms with E-state index in [1.807, 2.05) is 6.92 Å². The molecule has 3 N–H and O–H groups in total. The first-order chi connectivity index (χ1) is 19.4. The SMILES string of the molecule is Cc1c(-c2cc3cc(NC(=O)OC(C)(C)C)ncc3c(NC(=O)O[C@@H]3COC[C@H]3C)c2F)cnc2c1NC(=O)CO2. The third-order valence-electron chi connectivity index (χ3n) is 6.57. The van der Waals surface area contributed by atoms with Crippen LogP contribution in [0.3, 0.4) is 0 Å². The first-order valence-corrected chi connectivity index (χ1v) is 13.0. The topological polar surface area (TPSA) is 150 Å². The summed E-state index contributed by atoms with van der Waals surface area (Å²) in [7, 11) is 0. The van der Waals surface area contributed by atoms with Crippen LogP contribution in [0.15, 0.2) is 24.5 Å². The molecule has 0 saturated carbocycles. The monoisotopic (exact) mass is 567 g/mol. The normalized spacial score (nSPS) is 18.2. The molecule has 216 valence electrons. The van der Waals surface area contributed by atoms with Crippen LogP contribution in [0.2, 0.25) is 0 Å². The van der Waals surface area contributed by atoms with Gasteiger partial charge < -0.3 is 24.3 Å². The van der Waals surface area contributed by atoms with Gasteiger partial charge in [-0.15, -0.1) is 0 Å². The third-order valence-corrected chi connectivity index (χ3v) is 6.57. The number of carbonyl (C=O) groups is 3. The zero-order valence-corrected chi connectivity index (χ0v) is 23.2. The average Bonchev–Trinajstić information content (AvgIpc) is 3.29. The van der Waals surface area contributed by atoms with Gasteiger partial charge in [0.2, 0.25) is 5.88 Å². The van der Waals surface area contributed by atoms with Crippen molar-refractivity contribution in [3.05, 3.63) is 35.9 Å². The summed E-state index contributed by atoms with van der Waals surface area (Å²) in [5.74, 6) is -0.783. The van der Waals surface area contributed by atoms with Gasteiger partial charge in [-0.2, -0.15) is 0 Å². The van der Waals surface area contributed by atoms with Crippen LogP contribution in [0.1, 0.15) is 33.3 Å². The summed E-state index contributed by atoms with van der Waals surface area (Å²) in [4.78, 5) is 45.7. The van der Waals surface area contributed by atoms with Crippen LogP contribution in [0.25, 0.3) is 21.9 Å². The molecule has 2 aliphatic rings. The lowest BCUT2D eigenvalue weighted by atomic mass is 9.96. The molecule has 0 bridgehead atoms. The highest BCUT2D eigenvalue weighted by Gasteiger charge is 2.29. The van der Waals surface area contributed by atoms with Crippen molar-refractivity contribution in [3.63, 3.8) is 0 Å². The van der Waals surface area contributed by atoms with E-state index in [1.54, 1.807) is 27.7 Å². The maximum atomic E-state index is 16.3. The standard InChI is InChI=1S/C28H30FN5O7/c1-13-10-38-11-19(13)40-26(36)34-24-18-9-30-20(32-27(37)41-28(3,4)5)7-15(18)6-16(22(24)29)17-8-31-25-23(14(17)2)33-21(35)12-39-25/h6-9,13,19H,10-12H2,1-5H3,(H,33,35)(H,34,36)(H,30,32,37)/t13-,19-/m1/s1. The molecule has 1 fully saturated rings. The number of amides is 3. The number of halogens is 1. The molecule has 0 spiro atoms. The van der Waals surface area contributed by atoms with E-state index in [2.05, 4.69) is 25.9 Å². The fourth-order valence-corrected chi connectivity index (χ4v) is 4.54. The van der Waals surface area contributed by atoms with Gasteiger partial charge in [0, 0.05) is 34.8 Å². The van der Waals surface area contributed by atoms with Crippen molar-refractivity contribution in [1.82, 2.24) is 9.97 Å². The van der Waals surface area contributed by atoms with E-state index in [-0.39, 0.29) is 53.4 Å². The van der Waals surface area contributed by atoms with E-state index in [0.717, 1.165) is 0 Å². The van der Waals surface area contributed by atoms with Gasteiger partial charge in [0.25, 0.3) is 5.91 Å². The number of pyridine rings is 2. The fraction of sp³-hybridized carbons (Fsp3) is 0.393. The Bertz CT molecular complexity index is 1560. The summed E-state index contributed by atoms with van der Waals surface area (Å²) in [6, 6.07) is 3.07. The molecule has 3 aromatic rings. The molecule has 3 amide bonds. The minimum Gasteiger partial charge on any atom is -0.466 e. The Morgan fingerprint density at radius 1 is 1.10 bits per heavy atom. The van der Waals surface area contributed by atoms with Crippen molar-refractivity contribution < 1.29 is 37.7 Å². The van der Waals surface area contributed by atoms with Gasteiger partial charge in [-0.25, -0.2) is 23.9 Å². The number of rotatable bonds is 4. The summed E-state index contributed by atoms with van der Waals surface area (Å²) in [5, 5.41) is 8.51. The molecule has 12 nitrogen and oxygen atoms in total. The molecule has 13 heteroatoms. The second-order valence-electron chi connectivity index (χ2n) is 10.9. The first-order valence-electron chi connectivity index (χ1n) is 13.0. The average molecular weight is 568 g/mol. The van der Waals surface area contributed by atoms with Crippen molar-refractivity contribution in [2.75, 3.05) is 35.8 Å². The lowest BCUT2D eigenvalue weighted by molar-refractivity contribution is -0.118. The lowest BCUT2D eigenvalue weighted by Crippen LogP contribution is -2.27. The van der Waals surface area contributed by atoms with E-state index in [0.29, 0.717) is 28.8 Å². The van der Waals surface area contributed by atoms with Gasteiger partial charge in [0.15, 0.2) is 12.4 Å². The van der Waals surface area contributed by atoms with Gasteiger partial charge in [-0.05, 0) is 50.8 Å². The van der Waals surface area contributed by atoms with E-state index in [1.165, 1.54) is 24.5 Å². The van der Waals surface area contributed by atoms with Gasteiger partial charge >= 0.3 is 12.2 Å². The number of nitrogens with zero attached hydrogens (tertiary/aromatic N) is 2. The van der Waals surface area contributed by atoms with Crippen LogP contribution in [0.4, 0.5) is 31.2 Å². The summed E-state index contributed by atoms with van der Waals surface area (Å²) in [6.07, 6.45) is 0.702. The fourth-order valence-electron chi connectivity index (χ4n) is 4.54. The Kier molecular flexibility index (Phi) is 7.39. The van der Waals surface area contributed by atoms with E-state index in [4.69, 9.17) is 18.9 Å². The van der Waals surface area contributed by atoms with Crippen LogP contribution < -0.4 is 20.7 Å². The molecule has 1 aromatic carbocycles. The predicted molar refractivity (Wildman–Crippen MR) is 148 cm³/mol. The molecular weight excluding hydrogens is 537 g/mol. The number of ether oxygens (including phenoxy) is 4. The highest BCUT2D eigenvalue weighted by molar-refractivity contribution is 6.05. The Hall–Kier alpha value is -4.52. The van der Waals surface area contributed by atoms with Crippen molar-refractivity contribution in [1.29, 1.82) is 0 Å². The molecule has 2 aliphatic heterocycles. The smallest absolute Gasteiger partial charge is 0.413 e. The summed E-state index contributed by atoms with van der Waals surface area (Å²) in [6.45, 7) is 9.29. The molecule has 0 aliphatic carbocycles. The summed E-state index contributed by atoms with van der Waals surface area (Å²) < 4.78 is 37.8. The van der Waals surface area contributed by atoms with Gasteiger partial charge in [-0.3, -0.25) is 15.4 Å². The van der Waals surface area contributed by atoms with Crippen molar-refractivity contribution in [2.24, 2.45) is 5.92 Å². The zero-order chi connectivity index (χ0) is 29.5. The van der Waals surface area contributed by atoms with Crippen molar-refractivity contribution in [2.45, 2.75) is 46.3 Å². The van der Waals surface area contributed by atoms with E-state index in [9.17, 15) is 14.4 Å². The first kappa shape index (κ1) is 28.0. The number of benzene rings is 1. The van der Waals surface area contributed by atoms with Gasteiger partial charge in [0.1, 0.15) is 23.2 Å². The number of hydrogen-bond donors (Lipinski definition) is 3. The second kappa shape index (κ2) is 10.8. The molecule has 4 heterocycles. The third kappa shape index (κ3) is 5.99. The number of fused-ring (bicyclic) bond motifs is 2. The predicted octanol–water partition coefficient (Wildman–Crippen LogP) is 5.01. The lowest BCUT2D eigenvalue weighted by Gasteiger charge is -2.22. The van der Waals surface area contributed by atoms with Crippen LogP contribution >= 0.6 is 0 Å². The van der Waals surface area contributed by atoms with Crippen LogP contribution in [-0.2, 0) is 19.0 Å². The highest BCUT2D eigenvalue weighted by Crippen LogP contribution is 2.40. The molecule has 5 rings (SSSR count). The number of carbonyl (C=O) groups excluding carboxylic acids is 3. The van der Waals surface area contributed by atoms with Gasteiger partial charge in [0.05, 0.1) is 18.9 Å². The Morgan fingerprint density at radius 2 is 1.88 bits per heavy atom. The number of hydrogen-bond acceptors (Lipinski definition) is 9. The van der Waals surface area contributed by atoms with Crippen molar-refractivity contribution in [3.8, 4) is 17.0 Å². The summed E-state index contributed by atoms with van der Waals surface area (Å²) >= 11 is 0. The molecule has 2 aromatic heterocycles. The minimum absolute atomic E-state index is 0.0153. The van der Waals surface area contributed by atoms with Crippen molar-refractivity contribution >= 4 is 46.1 Å². The van der Waals surface area contributed by atoms with Crippen LogP contribution in [0.5, 0.6) is 5.88 Å². The molecule has 41 heavy (non-hydrogen) atoms. The second-order valence-corrected chi connectivity index (χ2v) is 10.9. The highest BCUT2D eigenvalue weighted by atomic mass is 19.1. The molecule has 1 saturated heterocycles. The van der Waals surface area contributed by atoms with Crippen LogP contribution in [0, 0.1) is 18.7 Å². The van der Waals surface area contributed by atoms with Crippen LogP contribution in [-0.4, -0.2) is 59.6 Å². The molecule has 0 radical (unpaired) electrons. The number of aromatic nitrogens is 2. The molecular formula is C28H30FN5O7. The Labute approximate surface area is 234 Å². The van der Waals surface area contributed by atoms with E-state index >= 15 is 4.39 Å². The quantitative estimate of drug-likeness (QED) is 0.395. The maximum Gasteiger partial charge on any atom is 0.413 e. The zero-order valence-electron chi connectivity index (χ0n) is 23.2. The van der Waals surface area contributed by atoms with E-state index < -0.39 is 29.7 Å². The maximum absolute atomic E-state index is 16.3. The largest absolute Gasteiger partial charge is 0.466 e. The summed E-state index contributed by atoms with van der Waals surface area (Å²) in [5.41, 5.74) is 0.348. The van der Waals surface area contributed by atoms with Gasteiger partial charge in [-0.1, -0.05) is 6.92 Å². The minimum atomic E-state index is -0.860. The molecule has 2 atom stereocenters. The Balaban J connectivity index is 1.58. The Morgan fingerprint density at radius 3 is 2.59 bits per heavy atom. The number of nitrogens with one attached hydrogen (secondary N) is 3. The molecule has 0 unspecified atom stereocenters.